The van der Waals surface area contributed by atoms with E-state index in [-0.39, 0.29) is 17.7 Å². The summed E-state index contributed by atoms with van der Waals surface area (Å²) in [6, 6.07) is 14.0. The summed E-state index contributed by atoms with van der Waals surface area (Å²) in [6.07, 6.45) is 12.5. The number of para-hydroxylation sites is 1. The van der Waals surface area contributed by atoms with Crippen molar-refractivity contribution in [1.82, 2.24) is 19.7 Å². The summed E-state index contributed by atoms with van der Waals surface area (Å²) in [6.45, 7) is 0. The predicted molar refractivity (Wildman–Crippen MR) is 119 cm³/mol. The van der Waals surface area contributed by atoms with E-state index >= 15 is 0 Å². The molecule has 1 aromatic carbocycles. The summed E-state index contributed by atoms with van der Waals surface area (Å²) in [5, 5.41) is 7.63. The highest BCUT2D eigenvalue weighted by Crippen LogP contribution is 2.21. The molecule has 2 aromatic heterocycles. The molecule has 158 valence electrons. The number of amides is 1. The van der Waals surface area contributed by atoms with Gasteiger partial charge in [0.1, 0.15) is 11.6 Å². The molecule has 1 saturated carbocycles. The van der Waals surface area contributed by atoms with E-state index in [0.717, 1.165) is 42.8 Å². The zero-order valence-electron chi connectivity index (χ0n) is 17.1. The van der Waals surface area contributed by atoms with Crippen molar-refractivity contribution in [3.63, 3.8) is 0 Å². The summed E-state index contributed by atoms with van der Waals surface area (Å²) in [5.74, 6) is 1.05. The molecule has 1 atom stereocenters. The van der Waals surface area contributed by atoms with Crippen molar-refractivity contribution in [3.8, 4) is 11.5 Å². The van der Waals surface area contributed by atoms with Gasteiger partial charge in [0.2, 0.25) is 5.91 Å². The molecule has 1 aliphatic carbocycles. The van der Waals surface area contributed by atoms with Crippen LogP contribution in [0.1, 0.15) is 44.1 Å². The number of nitrogens with zero attached hydrogens (tertiary/aromatic N) is 3. The summed E-state index contributed by atoms with van der Waals surface area (Å²) < 4.78 is 16.6. The van der Waals surface area contributed by atoms with Gasteiger partial charge in [0.25, 0.3) is 0 Å². The van der Waals surface area contributed by atoms with Crippen LogP contribution >= 0.6 is 0 Å². The maximum atomic E-state index is 12.8. The molecule has 1 N–H and O–H groups in total. The normalized spacial score (nSPS) is 16.1. The Balaban J connectivity index is 1.47. The van der Waals surface area contributed by atoms with Gasteiger partial charge in [0.15, 0.2) is 0 Å². The van der Waals surface area contributed by atoms with E-state index in [1.807, 2.05) is 64.1 Å². The molecule has 0 spiro atoms. The first-order chi connectivity index (χ1) is 14.7. The van der Waals surface area contributed by atoms with Crippen molar-refractivity contribution >= 4 is 16.7 Å². The van der Waals surface area contributed by atoms with E-state index in [4.69, 9.17) is 0 Å². The molecule has 0 saturated heterocycles. The van der Waals surface area contributed by atoms with Gasteiger partial charge < -0.3 is 9.88 Å². The lowest BCUT2D eigenvalue weighted by molar-refractivity contribution is -0.119. The van der Waals surface area contributed by atoms with Gasteiger partial charge in [-0.25, -0.2) is 4.68 Å². The molecule has 1 fully saturated rings. The van der Waals surface area contributed by atoms with Crippen LogP contribution in [0.25, 0.3) is 11.5 Å². The minimum Gasteiger partial charge on any atom is -0.353 e. The average Bonchev–Trinajstić information content (AvgIpc) is 3.33. The van der Waals surface area contributed by atoms with Crippen molar-refractivity contribution in [2.45, 2.75) is 50.3 Å². The van der Waals surface area contributed by atoms with Gasteiger partial charge >= 0.3 is 0 Å². The van der Waals surface area contributed by atoms with Crippen LogP contribution in [0, 0.1) is 0 Å². The maximum Gasteiger partial charge on any atom is 0.232 e. The first-order valence-electron chi connectivity index (χ1n) is 10.6. The monoisotopic (exact) mass is 424 g/mol. The van der Waals surface area contributed by atoms with E-state index in [2.05, 4.69) is 10.4 Å². The fourth-order valence-corrected chi connectivity index (χ4v) is 5.08. The Morgan fingerprint density at radius 3 is 2.43 bits per heavy atom. The Kier molecular flexibility index (Phi) is 6.79. The van der Waals surface area contributed by atoms with Crippen LogP contribution in [-0.2, 0) is 21.3 Å². The standard InChI is InChI=1S/C23H28N4O2S/c28-22(25-20-10-4-1-2-5-11-20)18-30(29)17-19-16-24-27(21-12-6-3-7-13-21)23(19)26-14-8-9-15-26/h3,6-9,12-16,20H,1-2,4-5,10-11,17-18H2,(H,25,28)/t30-/m0/s1. The lowest BCUT2D eigenvalue weighted by Crippen LogP contribution is -2.37. The third kappa shape index (κ3) is 5.08. The minimum atomic E-state index is -1.30. The van der Waals surface area contributed by atoms with Crippen LogP contribution in [0.3, 0.4) is 0 Å². The largest absolute Gasteiger partial charge is 0.353 e. The molecule has 6 nitrogen and oxygen atoms in total. The maximum absolute atomic E-state index is 12.8. The number of carbonyl (C=O) groups excluding carboxylic acids is 1. The van der Waals surface area contributed by atoms with Crippen LogP contribution in [-0.4, -0.2) is 36.3 Å². The summed E-state index contributed by atoms with van der Waals surface area (Å²) in [5.41, 5.74) is 1.79. The van der Waals surface area contributed by atoms with Crippen molar-refractivity contribution in [1.29, 1.82) is 0 Å². The fraction of sp³-hybridized carbons (Fsp3) is 0.391. The van der Waals surface area contributed by atoms with Crippen LogP contribution in [0.5, 0.6) is 0 Å². The molecule has 1 amide bonds. The molecule has 3 aromatic rings. The molecular formula is C23H28N4O2S. The summed E-state index contributed by atoms with van der Waals surface area (Å²) >= 11 is 0. The number of benzene rings is 1. The lowest BCUT2D eigenvalue weighted by atomic mass is 10.1. The van der Waals surface area contributed by atoms with Gasteiger partial charge in [0.05, 0.1) is 17.6 Å². The van der Waals surface area contributed by atoms with Crippen LogP contribution in [0.4, 0.5) is 0 Å². The third-order valence-electron chi connectivity index (χ3n) is 5.50. The quantitative estimate of drug-likeness (QED) is 0.587. The van der Waals surface area contributed by atoms with Gasteiger partial charge in [-0.1, -0.05) is 43.9 Å². The van der Waals surface area contributed by atoms with Crippen molar-refractivity contribution in [3.05, 3.63) is 66.6 Å². The van der Waals surface area contributed by atoms with E-state index in [1.54, 1.807) is 6.20 Å². The number of rotatable bonds is 7. The molecule has 1 aliphatic rings. The molecule has 0 aliphatic heterocycles. The van der Waals surface area contributed by atoms with Crippen molar-refractivity contribution < 1.29 is 9.00 Å². The highest BCUT2D eigenvalue weighted by molar-refractivity contribution is 7.84. The van der Waals surface area contributed by atoms with E-state index in [1.165, 1.54) is 12.8 Å². The zero-order valence-corrected chi connectivity index (χ0v) is 17.9. The zero-order chi connectivity index (χ0) is 20.8. The lowest BCUT2D eigenvalue weighted by Gasteiger charge is -2.16. The number of carbonyl (C=O) groups is 1. The molecule has 0 unspecified atom stereocenters. The Morgan fingerprint density at radius 1 is 1.03 bits per heavy atom. The van der Waals surface area contributed by atoms with Gasteiger partial charge in [-0.15, -0.1) is 0 Å². The third-order valence-corrected chi connectivity index (χ3v) is 6.71. The average molecular weight is 425 g/mol. The Morgan fingerprint density at radius 2 is 1.73 bits per heavy atom. The topological polar surface area (TPSA) is 68.9 Å². The molecule has 4 rings (SSSR count). The van der Waals surface area contributed by atoms with Crippen LogP contribution in [0.2, 0.25) is 0 Å². The SMILES string of the molecule is O=C(C[S@@](=O)Cc1cnn(-c2ccccc2)c1-n1cccc1)NC1CCCCCC1. The van der Waals surface area contributed by atoms with Gasteiger partial charge in [-0.05, 0) is 37.1 Å². The Bertz CT molecular complexity index is 974. The first-order valence-corrected chi connectivity index (χ1v) is 12.1. The second kappa shape index (κ2) is 9.89. The van der Waals surface area contributed by atoms with E-state index in [9.17, 15) is 9.00 Å². The van der Waals surface area contributed by atoms with Gasteiger partial charge in [-0.2, -0.15) is 5.10 Å². The van der Waals surface area contributed by atoms with Crippen LogP contribution < -0.4 is 5.32 Å². The molecule has 30 heavy (non-hydrogen) atoms. The van der Waals surface area contributed by atoms with Gasteiger partial charge in [-0.3, -0.25) is 9.00 Å². The number of aromatic nitrogens is 3. The fourth-order valence-electron chi connectivity index (χ4n) is 4.05. The summed E-state index contributed by atoms with van der Waals surface area (Å²) in [4.78, 5) is 12.4. The van der Waals surface area contributed by atoms with Crippen molar-refractivity contribution in [2.75, 3.05) is 5.75 Å². The van der Waals surface area contributed by atoms with E-state index < -0.39 is 10.8 Å². The first kappa shape index (κ1) is 20.6. The second-order valence-corrected chi connectivity index (χ2v) is 9.27. The van der Waals surface area contributed by atoms with Gasteiger partial charge in [0, 0.05) is 34.8 Å². The van der Waals surface area contributed by atoms with Crippen LogP contribution in [0.15, 0.2) is 61.1 Å². The molecule has 7 heteroatoms. The molecule has 0 radical (unpaired) electrons. The number of nitrogens with one attached hydrogen (secondary N) is 1. The smallest absolute Gasteiger partial charge is 0.232 e. The molecular weight excluding hydrogens is 396 g/mol. The molecule has 0 bridgehead atoms. The second-order valence-electron chi connectivity index (χ2n) is 7.82. The highest BCUT2D eigenvalue weighted by Gasteiger charge is 2.19. The predicted octanol–water partition coefficient (Wildman–Crippen LogP) is 3.75. The number of hydrogen-bond donors (Lipinski definition) is 1. The van der Waals surface area contributed by atoms with Crippen molar-refractivity contribution in [2.24, 2.45) is 0 Å². The Labute approximate surface area is 179 Å². The molecule has 2 heterocycles. The number of hydrogen-bond acceptors (Lipinski definition) is 3. The Hall–Kier alpha value is -2.67. The minimum absolute atomic E-state index is 0.0259. The highest BCUT2D eigenvalue weighted by atomic mass is 32.2. The summed E-state index contributed by atoms with van der Waals surface area (Å²) in [7, 11) is -1.30. The van der Waals surface area contributed by atoms with E-state index in [0.29, 0.717) is 5.75 Å².